The number of carbonyl (C=O) groups is 1. The van der Waals surface area contributed by atoms with Gasteiger partial charge in [-0.25, -0.2) is 0 Å². The standard InChI is InChI=1S/C25H28N2O3/c1-5-8-20-14-19(16-23(29-7-3)24(20)30-13-6-2)15-21(17-26)25(28)27-22-11-9-18(4)10-12-22/h5,9-12,14-16H,1,6-8,13H2,2-4H3,(H,27,28)/b21-15+. The molecule has 0 aliphatic carbocycles. The zero-order valence-corrected chi connectivity index (χ0v) is 17.8. The number of aryl methyl sites for hydroxylation is 1. The second-order valence-electron chi connectivity index (χ2n) is 6.77. The van der Waals surface area contributed by atoms with Crippen molar-refractivity contribution in [2.75, 3.05) is 18.5 Å². The second kappa shape index (κ2) is 11.5. The van der Waals surface area contributed by atoms with E-state index in [9.17, 15) is 10.1 Å². The molecule has 0 aromatic heterocycles. The number of nitrogens with zero attached hydrogens (tertiary/aromatic N) is 1. The number of benzene rings is 2. The van der Waals surface area contributed by atoms with E-state index < -0.39 is 5.91 Å². The van der Waals surface area contributed by atoms with E-state index in [1.165, 1.54) is 0 Å². The molecule has 0 saturated carbocycles. The Balaban J connectivity index is 2.39. The van der Waals surface area contributed by atoms with Crippen molar-refractivity contribution < 1.29 is 14.3 Å². The fourth-order valence-electron chi connectivity index (χ4n) is 2.86. The molecule has 0 unspecified atom stereocenters. The van der Waals surface area contributed by atoms with E-state index in [2.05, 4.69) is 11.9 Å². The molecular formula is C25H28N2O3. The topological polar surface area (TPSA) is 71.4 Å². The summed E-state index contributed by atoms with van der Waals surface area (Å²) in [6, 6.07) is 13.1. The molecule has 2 rings (SSSR count). The van der Waals surface area contributed by atoms with Crippen LogP contribution in [0.5, 0.6) is 11.5 Å². The number of allylic oxidation sites excluding steroid dienone is 1. The largest absolute Gasteiger partial charge is 0.490 e. The fraction of sp³-hybridized carbons (Fsp3) is 0.280. The molecule has 0 fully saturated rings. The van der Waals surface area contributed by atoms with Gasteiger partial charge in [0.2, 0.25) is 0 Å². The van der Waals surface area contributed by atoms with Gasteiger partial charge in [0.1, 0.15) is 11.6 Å². The molecule has 156 valence electrons. The Bertz CT molecular complexity index is 954. The summed E-state index contributed by atoms with van der Waals surface area (Å²) in [7, 11) is 0. The Hall–Kier alpha value is -3.52. The van der Waals surface area contributed by atoms with E-state index in [1.54, 1.807) is 30.4 Å². The number of ether oxygens (including phenoxy) is 2. The van der Waals surface area contributed by atoms with Crippen molar-refractivity contribution in [2.45, 2.75) is 33.6 Å². The Labute approximate surface area is 178 Å². The third-order valence-electron chi connectivity index (χ3n) is 4.25. The molecule has 2 aromatic carbocycles. The van der Waals surface area contributed by atoms with Gasteiger partial charge < -0.3 is 14.8 Å². The number of rotatable bonds is 10. The van der Waals surface area contributed by atoms with Crippen LogP contribution in [0.15, 0.2) is 54.6 Å². The maximum absolute atomic E-state index is 12.6. The number of amides is 1. The Kier molecular flexibility index (Phi) is 8.71. The molecule has 5 heteroatoms. The van der Waals surface area contributed by atoms with Crippen molar-refractivity contribution in [3.63, 3.8) is 0 Å². The second-order valence-corrected chi connectivity index (χ2v) is 6.77. The smallest absolute Gasteiger partial charge is 0.266 e. The maximum atomic E-state index is 12.6. The SMILES string of the molecule is C=CCc1cc(/C=C(\C#N)C(=O)Nc2ccc(C)cc2)cc(OCC)c1OCCC. The predicted octanol–water partition coefficient (Wildman–Crippen LogP) is 5.46. The maximum Gasteiger partial charge on any atom is 0.266 e. The van der Waals surface area contributed by atoms with Gasteiger partial charge in [0.15, 0.2) is 11.5 Å². The molecule has 0 aliphatic heterocycles. The highest BCUT2D eigenvalue weighted by Crippen LogP contribution is 2.35. The molecule has 0 heterocycles. The third kappa shape index (κ3) is 6.25. The molecule has 0 atom stereocenters. The first-order valence-corrected chi connectivity index (χ1v) is 10.1. The Morgan fingerprint density at radius 2 is 1.93 bits per heavy atom. The molecule has 30 heavy (non-hydrogen) atoms. The van der Waals surface area contributed by atoms with Gasteiger partial charge in [-0.05, 0) is 62.6 Å². The minimum Gasteiger partial charge on any atom is -0.490 e. The highest BCUT2D eigenvalue weighted by atomic mass is 16.5. The van der Waals surface area contributed by atoms with E-state index in [-0.39, 0.29) is 5.57 Å². The van der Waals surface area contributed by atoms with Crippen LogP contribution in [0.25, 0.3) is 6.08 Å². The summed E-state index contributed by atoms with van der Waals surface area (Å²) in [4.78, 5) is 12.6. The van der Waals surface area contributed by atoms with Gasteiger partial charge in [0.05, 0.1) is 13.2 Å². The van der Waals surface area contributed by atoms with Crippen LogP contribution >= 0.6 is 0 Å². The number of carbonyl (C=O) groups excluding carboxylic acids is 1. The summed E-state index contributed by atoms with van der Waals surface area (Å²) in [6.45, 7) is 10.8. The number of hydrogen-bond acceptors (Lipinski definition) is 4. The van der Waals surface area contributed by atoms with Crippen molar-refractivity contribution in [3.05, 3.63) is 71.3 Å². The first-order chi connectivity index (χ1) is 14.5. The summed E-state index contributed by atoms with van der Waals surface area (Å²) < 4.78 is 11.7. The molecule has 0 spiro atoms. The highest BCUT2D eigenvalue weighted by Gasteiger charge is 2.15. The van der Waals surface area contributed by atoms with E-state index in [0.29, 0.717) is 42.4 Å². The van der Waals surface area contributed by atoms with Gasteiger partial charge in [0, 0.05) is 11.3 Å². The van der Waals surface area contributed by atoms with Crippen molar-refractivity contribution >= 4 is 17.7 Å². The van der Waals surface area contributed by atoms with Crippen LogP contribution in [0.2, 0.25) is 0 Å². The zero-order valence-electron chi connectivity index (χ0n) is 17.8. The molecule has 0 saturated heterocycles. The summed E-state index contributed by atoms with van der Waals surface area (Å²) in [5.41, 5.74) is 3.32. The molecule has 1 amide bonds. The lowest BCUT2D eigenvalue weighted by atomic mass is 10.0. The van der Waals surface area contributed by atoms with Crippen LogP contribution in [0.4, 0.5) is 5.69 Å². The zero-order chi connectivity index (χ0) is 21.9. The molecule has 0 radical (unpaired) electrons. The summed E-state index contributed by atoms with van der Waals surface area (Å²) >= 11 is 0. The molecular weight excluding hydrogens is 376 g/mol. The Morgan fingerprint density at radius 1 is 1.20 bits per heavy atom. The normalized spacial score (nSPS) is 10.8. The van der Waals surface area contributed by atoms with Gasteiger partial charge in [-0.15, -0.1) is 6.58 Å². The average molecular weight is 405 g/mol. The monoisotopic (exact) mass is 404 g/mol. The van der Waals surface area contributed by atoms with Crippen molar-refractivity contribution in [3.8, 4) is 17.6 Å². The van der Waals surface area contributed by atoms with Crippen LogP contribution < -0.4 is 14.8 Å². The third-order valence-corrected chi connectivity index (χ3v) is 4.25. The predicted molar refractivity (Wildman–Crippen MR) is 121 cm³/mol. The molecule has 1 N–H and O–H groups in total. The lowest BCUT2D eigenvalue weighted by Crippen LogP contribution is -2.13. The minimum atomic E-state index is -0.462. The van der Waals surface area contributed by atoms with Crippen LogP contribution in [0.1, 0.15) is 37.0 Å². The summed E-state index contributed by atoms with van der Waals surface area (Å²) in [5.74, 6) is 0.807. The number of nitriles is 1. The molecule has 5 nitrogen and oxygen atoms in total. The number of hydrogen-bond donors (Lipinski definition) is 1. The van der Waals surface area contributed by atoms with E-state index in [1.807, 2.05) is 45.0 Å². The van der Waals surface area contributed by atoms with Crippen LogP contribution in [-0.2, 0) is 11.2 Å². The molecule has 0 bridgehead atoms. The van der Waals surface area contributed by atoms with Crippen LogP contribution in [0.3, 0.4) is 0 Å². The quantitative estimate of drug-likeness (QED) is 0.324. The lowest BCUT2D eigenvalue weighted by Gasteiger charge is -2.16. The molecule has 2 aromatic rings. The first-order valence-electron chi connectivity index (χ1n) is 10.1. The van der Waals surface area contributed by atoms with Gasteiger partial charge in [-0.3, -0.25) is 4.79 Å². The highest BCUT2D eigenvalue weighted by molar-refractivity contribution is 6.09. The number of nitrogens with one attached hydrogen (secondary N) is 1. The van der Waals surface area contributed by atoms with Crippen molar-refractivity contribution in [1.82, 2.24) is 0 Å². The van der Waals surface area contributed by atoms with Crippen molar-refractivity contribution in [1.29, 1.82) is 5.26 Å². The Morgan fingerprint density at radius 3 is 2.53 bits per heavy atom. The fourth-order valence-corrected chi connectivity index (χ4v) is 2.86. The van der Waals surface area contributed by atoms with E-state index >= 15 is 0 Å². The van der Waals surface area contributed by atoms with Crippen molar-refractivity contribution in [2.24, 2.45) is 0 Å². The van der Waals surface area contributed by atoms with Gasteiger partial charge >= 0.3 is 0 Å². The van der Waals surface area contributed by atoms with Crippen LogP contribution in [0, 0.1) is 18.3 Å². The molecule has 0 aliphatic rings. The summed E-state index contributed by atoms with van der Waals surface area (Å²) in [5, 5.41) is 12.3. The van der Waals surface area contributed by atoms with Gasteiger partial charge in [0.25, 0.3) is 5.91 Å². The average Bonchev–Trinajstić information content (AvgIpc) is 2.73. The van der Waals surface area contributed by atoms with Gasteiger partial charge in [-0.2, -0.15) is 5.26 Å². The number of anilines is 1. The van der Waals surface area contributed by atoms with Crippen LogP contribution in [-0.4, -0.2) is 19.1 Å². The first kappa shape index (κ1) is 22.8. The minimum absolute atomic E-state index is 0.00445. The summed E-state index contributed by atoms with van der Waals surface area (Å²) in [6.07, 6.45) is 4.80. The van der Waals surface area contributed by atoms with Gasteiger partial charge in [-0.1, -0.05) is 30.7 Å². The van der Waals surface area contributed by atoms with E-state index in [4.69, 9.17) is 9.47 Å². The van der Waals surface area contributed by atoms with E-state index in [0.717, 1.165) is 17.5 Å². The lowest BCUT2D eigenvalue weighted by molar-refractivity contribution is -0.112.